The lowest BCUT2D eigenvalue weighted by molar-refractivity contribution is -0.728. The number of aliphatic hydroxyl groups is 4. The monoisotopic (exact) mass is 661 g/mol. The van der Waals surface area contributed by atoms with Crippen molar-refractivity contribution in [1.29, 1.82) is 0 Å². The minimum Gasteiger partial charge on any atom is -0.756 e. The molecule has 1 saturated heterocycles. The maximum Gasteiger partial charge on any atom is 0.478 e. The number of pyridine rings is 1. The van der Waals surface area contributed by atoms with Gasteiger partial charge >= 0.3 is 7.82 Å². The number of aliphatic hydroxyl groups excluding tert-OH is 4. The van der Waals surface area contributed by atoms with Gasteiger partial charge in [-0.05, 0) is 6.07 Å². The van der Waals surface area contributed by atoms with E-state index in [4.69, 9.17) is 25.3 Å². The fourth-order valence-electron chi connectivity index (χ4n) is 5.09. The first-order chi connectivity index (χ1) is 20.7. The molecule has 22 heteroatoms. The normalized spacial score (nSPS) is 31.6. The predicted molar refractivity (Wildman–Crippen MR) is 140 cm³/mol. The van der Waals surface area contributed by atoms with Gasteiger partial charge in [0.2, 0.25) is 0 Å². The van der Waals surface area contributed by atoms with Crippen LogP contribution in [0.3, 0.4) is 0 Å². The highest BCUT2D eigenvalue weighted by molar-refractivity contribution is 7.60. The lowest BCUT2D eigenvalue weighted by atomic mass is 10.1. The molecule has 1 saturated carbocycles. The largest absolute Gasteiger partial charge is 0.756 e. The third kappa shape index (κ3) is 6.66. The molecule has 5 rings (SSSR count). The number of fused-ring (bicyclic) bond motifs is 1. The van der Waals surface area contributed by atoms with Crippen molar-refractivity contribution in [3.8, 4) is 0 Å². The van der Waals surface area contributed by atoms with Gasteiger partial charge in [0.05, 0.1) is 25.6 Å². The van der Waals surface area contributed by atoms with Crippen LogP contribution in [0.4, 0.5) is 5.82 Å². The Kier molecular flexibility index (Phi) is 9.16. The molecule has 0 bridgehead atoms. The van der Waals surface area contributed by atoms with E-state index in [1.54, 1.807) is 0 Å². The predicted octanol–water partition coefficient (Wildman–Crippen LogP) is -2.98. The number of primary amides is 1. The summed E-state index contributed by atoms with van der Waals surface area (Å²) in [5, 5.41) is 41.8. The van der Waals surface area contributed by atoms with E-state index in [0.717, 1.165) is 6.33 Å². The first-order valence-corrected chi connectivity index (χ1v) is 15.9. The summed E-state index contributed by atoms with van der Waals surface area (Å²) >= 11 is 0. The van der Waals surface area contributed by atoms with Gasteiger partial charge in [-0.1, -0.05) is 0 Å². The molecule has 10 unspecified atom stereocenters. The van der Waals surface area contributed by atoms with Gasteiger partial charge in [0, 0.05) is 18.4 Å². The summed E-state index contributed by atoms with van der Waals surface area (Å²) in [6, 6.07) is 2.17. The number of nitrogen functional groups attached to an aromatic ring is 1. The van der Waals surface area contributed by atoms with Crippen LogP contribution in [0.5, 0.6) is 0 Å². The summed E-state index contributed by atoms with van der Waals surface area (Å²) in [5.41, 5.74) is 11.5. The average Bonchev–Trinajstić information content (AvgIpc) is 3.61. The number of phosphoric acid groups is 2. The van der Waals surface area contributed by atoms with E-state index in [0.29, 0.717) is 0 Å². The molecule has 2 fully saturated rings. The fraction of sp³-hybridized carbons (Fsp3) is 0.500. The van der Waals surface area contributed by atoms with Gasteiger partial charge in [0.25, 0.3) is 13.7 Å². The molecule has 4 heterocycles. The maximum absolute atomic E-state index is 12.4. The second kappa shape index (κ2) is 12.4. The molecule has 240 valence electrons. The molecule has 44 heavy (non-hydrogen) atoms. The van der Waals surface area contributed by atoms with Crippen LogP contribution in [0.1, 0.15) is 29.0 Å². The van der Waals surface area contributed by atoms with Gasteiger partial charge in [-0.15, -0.1) is 0 Å². The summed E-state index contributed by atoms with van der Waals surface area (Å²) in [7, 11) is -10.9. The van der Waals surface area contributed by atoms with Gasteiger partial charge in [0.15, 0.2) is 36.1 Å². The van der Waals surface area contributed by atoms with E-state index in [1.165, 1.54) is 40.0 Å². The zero-order valence-electron chi connectivity index (χ0n) is 22.5. The van der Waals surface area contributed by atoms with Gasteiger partial charge in [-0.2, -0.15) is 4.57 Å². The number of ether oxygens (including phenoxy) is 1. The van der Waals surface area contributed by atoms with E-state index < -0.39 is 83.5 Å². The Balaban J connectivity index is 1.16. The summed E-state index contributed by atoms with van der Waals surface area (Å²) in [5.74, 6) is -1.63. The standard InChI is InChI=1S/C22H29N7O13P2/c23-19-14-21(26-8-25-19)29(9-27-14)22-18(33)17(32)13(41-22)7-40-44(37,38)42-43(35,36)39-6-11-4-12(16(31)15(11)30)28-3-1-2-10(5-28)20(24)34/h1-3,5,8-9,11-13,15-18,22,30-33H,4,6-7H2,(H5-,23,24,25,26,34,35,36,37,38). The van der Waals surface area contributed by atoms with Crippen molar-refractivity contribution < 1.29 is 66.8 Å². The Labute approximate surface area is 247 Å². The zero-order valence-corrected chi connectivity index (χ0v) is 24.3. The van der Waals surface area contributed by atoms with E-state index >= 15 is 0 Å². The van der Waals surface area contributed by atoms with Crippen molar-refractivity contribution in [2.75, 3.05) is 18.9 Å². The van der Waals surface area contributed by atoms with E-state index in [-0.39, 0.29) is 29.0 Å². The number of carbonyl (C=O) groups excluding carboxylic acids is 1. The summed E-state index contributed by atoms with van der Waals surface area (Å²) in [6.07, 6.45) is -3.54. The van der Waals surface area contributed by atoms with Crippen LogP contribution in [-0.4, -0.2) is 94.5 Å². The lowest BCUT2D eigenvalue weighted by Gasteiger charge is -2.27. The molecule has 9 N–H and O–H groups in total. The molecule has 3 aromatic heterocycles. The number of aromatic nitrogens is 5. The SMILES string of the molecule is NC(=O)c1ccc[n+](C2CC(COP(=O)([O-])OP(=O)(O)OCC3OC(n4cnc5c(N)ncnc54)C(O)C3O)C(O)C2O)c1. The van der Waals surface area contributed by atoms with Crippen molar-refractivity contribution in [3.63, 3.8) is 0 Å². The molecule has 1 aliphatic carbocycles. The van der Waals surface area contributed by atoms with E-state index in [2.05, 4.69) is 19.3 Å². The van der Waals surface area contributed by atoms with Gasteiger partial charge in [-0.25, -0.2) is 23.8 Å². The molecular formula is C22H29N7O13P2. The van der Waals surface area contributed by atoms with Crippen LogP contribution in [0, 0.1) is 5.92 Å². The van der Waals surface area contributed by atoms with Crippen molar-refractivity contribution in [1.82, 2.24) is 19.5 Å². The van der Waals surface area contributed by atoms with Gasteiger partial charge in [-0.3, -0.25) is 18.5 Å². The topological polar surface area (TPSA) is 312 Å². The number of imidazole rings is 1. The molecule has 0 spiro atoms. The third-order valence-electron chi connectivity index (χ3n) is 7.31. The maximum atomic E-state index is 12.4. The lowest BCUT2D eigenvalue weighted by Crippen LogP contribution is -2.45. The quantitative estimate of drug-likeness (QED) is 0.0796. The van der Waals surface area contributed by atoms with E-state index in [1.807, 2.05) is 0 Å². The summed E-state index contributed by atoms with van der Waals surface area (Å²) < 4.78 is 46.6. The summed E-state index contributed by atoms with van der Waals surface area (Å²) in [6.45, 7) is -1.64. The number of rotatable bonds is 11. The number of nitrogens with two attached hydrogens (primary N) is 2. The highest BCUT2D eigenvalue weighted by Gasteiger charge is 2.48. The van der Waals surface area contributed by atoms with Crippen LogP contribution >= 0.6 is 15.6 Å². The highest BCUT2D eigenvalue weighted by atomic mass is 31.3. The van der Waals surface area contributed by atoms with Crippen molar-refractivity contribution in [2.24, 2.45) is 11.7 Å². The Morgan fingerprint density at radius 3 is 2.59 bits per heavy atom. The number of nitrogens with zero attached hydrogens (tertiary/aromatic N) is 5. The Hall–Kier alpha value is -2.97. The molecule has 20 nitrogen and oxygen atoms in total. The number of carbonyl (C=O) groups is 1. The third-order valence-corrected chi connectivity index (χ3v) is 9.88. The Morgan fingerprint density at radius 2 is 1.86 bits per heavy atom. The second-order valence-electron chi connectivity index (χ2n) is 10.2. The smallest absolute Gasteiger partial charge is 0.478 e. The minimum atomic E-state index is -5.54. The number of hydrogen-bond donors (Lipinski definition) is 7. The minimum absolute atomic E-state index is 0.00622. The van der Waals surface area contributed by atoms with Gasteiger partial charge in [0.1, 0.15) is 41.8 Å². The van der Waals surface area contributed by atoms with Crippen LogP contribution in [0.25, 0.3) is 11.2 Å². The molecule has 3 aromatic rings. The molecule has 2 aliphatic rings. The first-order valence-electron chi connectivity index (χ1n) is 12.9. The number of phosphoric ester groups is 2. The molecule has 0 radical (unpaired) electrons. The average molecular weight is 661 g/mol. The molecular weight excluding hydrogens is 632 g/mol. The van der Waals surface area contributed by atoms with Crippen molar-refractivity contribution >= 4 is 38.5 Å². The first kappa shape index (κ1) is 32.4. The second-order valence-corrected chi connectivity index (χ2v) is 13.2. The van der Waals surface area contributed by atoms with Crippen LogP contribution < -0.4 is 20.9 Å². The number of amides is 1. The number of hydrogen-bond acceptors (Lipinski definition) is 16. The molecule has 1 aliphatic heterocycles. The van der Waals surface area contributed by atoms with Crippen molar-refractivity contribution in [2.45, 2.75) is 49.2 Å². The molecule has 1 amide bonds. The Morgan fingerprint density at radius 1 is 1.11 bits per heavy atom. The van der Waals surface area contributed by atoms with Crippen LogP contribution in [0.15, 0.2) is 37.2 Å². The Bertz CT molecular complexity index is 1630. The fourth-order valence-corrected chi connectivity index (χ4v) is 7.18. The summed E-state index contributed by atoms with van der Waals surface area (Å²) in [4.78, 5) is 45.7. The molecule has 10 atom stereocenters. The van der Waals surface area contributed by atoms with E-state index in [9.17, 15) is 44.1 Å². The van der Waals surface area contributed by atoms with Crippen molar-refractivity contribution in [3.05, 3.63) is 42.7 Å². The van der Waals surface area contributed by atoms with Crippen LogP contribution in [-0.2, 0) is 27.2 Å². The zero-order chi connectivity index (χ0) is 32.0. The molecule has 0 aromatic carbocycles. The van der Waals surface area contributed by atoms with Gasteiger partial charge < -0.3 is 50.9 Å². The highest BCUT2D eigenvalue weighted by Crippen LogP contribution is 2.58. The number of anilines is 1. The van der Waals surface area contributed by atoms with Crippen LogP contribution in [0.2, 0.25) is 0 Å².